The van der Waals surface area contributed by atoms with E-state index < -0.39 is 0 Å². The molecular weight excluding hydrogens is 150 g/mol. The van der Waals surface area contributed by atoms with E-state index in [2.05, 4.69) is 19.2 Å². The minimum Gasteiger partial charge on any atom is -0.393 e. The minimum absolute atomic E-state index is 0.116. The summed E-state index contributed by atoms with van der Waals surface area (Å²) in [6, 6.07) is 0. The largest absolute Gasteiger partial charge is 0.393 e. The molecule has 0 saturated carbocycles. The standard InChI is InChI=1S/C10H23NO/c1-4-9(3)8-11-7-6-10(12)5-2/h9-12H,4-8H2,1-3H3. The van der Waals surface area contributed by atoms with Gasteiger partial charge >= 0.3 is 0 Å². The Morgan fingerprint density at radius 1 is 1.25 bits per heavy atom. The molecule has 74 valence electrons. The molecule has 12 heavy (non-hydrogen) atoms. The van der Waals surface area contributed by atoms with Crippen LogP contribution >= 0.6 is 0 Å². The van der Waals surface area contributed by atoms with E-state index in [0.717, 1.165) is 31.8 Å². The van der Waals surface area contributed by atoms with E-state index >= 15 is 0 Å². The zero-order valence-corrected chi connectivity index (χ0v) is 8.64. The predicted molar refractivity (Wildman–Crippen MR) is 53.2 cm³/mol. The predicted octanol–water partition coefficient (Wildman–Crippen LogP) is 1.78. The lowest BCUT2D eigenvalue weighted by Gasteiger charge is -2.11. The fourth-order valence-electron chi connectivity index (χ4n) is 0.966. The normalized spacial score (nSPS) is 16.0. The van der Waals surface area contributed by atoms with Crippen LogP contribution in [0.4, 0.5) is 0 Å². The van der Waals surface area contributed by atoms with Crippen LogP contribution in [0.2, 0.25) is 0 Å². The fraction of sp³-hybridized carbons (Fsp3) is 1.00. The summed E-state index contributed by atoms with van der Waals surface area (Å²) >= 11 is 0. The van der Waals surface area contributed by atoms with Gasteiger partial charge in [0.2, 0.25) is 0 Å². The van der Waals surface area contributed by atoms with Gasteiger partial charge < -0.3 is 10.4 Å². The monoisotopic (exact) mass is 173 g/mol. The summed E-state index contributed by atoms with van der Waals surface area (Å²) in [4.78, 5) is 0. The van der Waals surface area contributed by atoms with E-state index in [-0.39, 0.29) is 6.10 Å². The van der Waals surface area contributed by atoms with Crippen LogP contribution in [0.1, 0.15) is 40.0 Å². The van der Waals surface area contributed by atoms with Gasteiger partial charge in [0, 0.05) is 0 Å². The Hall–Kier alpha value is -0.0800. The summed E-state index contributed by atoms with van der Waals surface area (Å²) in [7, 11) is 0. The lowest BCUT2D eigenvalue weighted by Crippen LogP contribution is -2.24. The van der Waals surface area contributed by atoms with Gasteiger partial charge in [-0.3, -0.25) is 0 Å². The third-order valence-electron chi connectivity index (χ3n) is 2.32. The van der Waals surface area contributed by atoms with Crippen molar-refractivity contribution in [3.8, 4) is 0 Å². The van der Waals surface area contributed by atoms with Crippen molar-refractivity contribution in [3.63, 3.8) is 0 Å². The van der Waals surface area contributed by atoms with Gasteiger partial charge in [-0.05, 0) is 31.8 Å². The number of rotatable bonds is 7. The average Bonchev–Trinajstić information content (AvgIpc) is 2.11. The molecule has 0 aliphatic rings. The zero-order valence-electron chi connectivity index (χ0n) is 8.64. The number of hydrogen-bond acceptors (Lipinski definition) is 2. The maximum atomic E-state index is 9.24. The number of nitrogens with one attached hydrogen (secondary N) is 1. The molecule has 0 rings (SSSR count). The smallest absolute Gasteiger partial charge is 0.0549 e. The minimum atomic E-state index is -0.116. The van der Waals surface area contributed by atoms with Crippen molar-refractivity contribution >= 4 is 0 Å². The van der Waals surface area contributed by atoms with Gasteiger partial charge in [0.15, 0.2) is 0 Å². The number of aliphatic hydroxyl groups excluding tert-OH is 1. The van der Waals surface area contributed by atoms with E-state index in [0.29, 0.717) is 0 Å². The summed E-state index contributed by atoms with van der Waals surface area (Å²) < 4.78 is 0. The highest BCUT2D eigenvalue weighted by Crippen LogP contribution is 1.98. The van der Waals surface area contributed by atoms with E-state index in [1.807, 2.05) is 6.92 Å². The Bertz CT molecular complexity index is 83.8. The molecule has 0 spiro atoms. The van der Waals surface area contributed by atoms with Gasteiger partial charge in [0.05, 0.1) is 6.10 Å². The first-order chi connectivity index (χ1) is 5.70. The molecule has 0 saturated heterocycles. The molecule has 0 fully saturated rings. The topological polar surface area (TPSA) is 32.3 Å². The lowest BCUT2D eigenvalue weighted by molar-refractivity contribution is 0.159. The molecule has 0 aliphatic heterocycles. The highest BCUT2D eigenvalue weighted by Gasteiger charge is 2.00. The van der Waals surface area contributed by atoms with Crippen molar-refractivity contribution in [2.75, 3.05) is 13.1 Å². The number of aliphatic hydroxyl groups is 1. The molecule has 0 aliphatic carbocycles. The third-order valence-corrected chi connectivity index (χ3v) is 2.32. The molecule has 0 aromatic heterocycles. The van der Waals surface area contributed by atoms with Crippen molar-refractivity contribution in [3.05, 3.63) is 0 Å². The Balaban J connectivity index is 3.10. The van der Waals surface area contributed by atoms with Gasteiger partial charge in [-0.25, -0.2) is 0 Å². The van der Waals surface area contributed by atoms with Crippen LogP contribution in [0.5, 0.6) is 0 Å². The number of hydrogen-bond donors (Lipinski definition) is 2. The second-order valence-corrected chi connectivity index (χ2v) is 3.57. The van der Waals surface area contributed by atoms with Crippen molar-refractivity contribution in [1.82, 2.24) is 5.32 Å². The molecule has 0 radical (unpaired) electrons. The first kappa shape index (κ1) is 11.9. The van der Waals surface area contributed by atoms with Gasteiger partial charge in [-0.1, -0.05) is 27.2 Å². The molecular formula is C10H23NO. The molecule has 0 amide bonds. The first-order valence-corrected chi connectivity index (χ1v) is 5.09. The molecule has 2 nitrogen and oxygen atoms in total. The summed E-state index contributed by atoms with van der Waals surface area (Å²) in [6.45, 7) is 8.47. The Morgan fingerprint density at radius 2 is 1.92 bits per heavy atom. The van der Waals surface area contributed by atoms with Crippen LogP contribution in [0.15, 0.2) is 0 Å². The fourth-order valence-corrected chi connectivity index (χ4v) is 0.966. The molecule has 2 heteroatoms. The van der Waals surface area contributed by atoms with E-state index in [9.17, 15) is 5.11 Å². The maximum Gasteiger partial charge on any atom is 0.0549 e. The first-order valence-electron chi connectivity index (χ1n) is 5.09. The summed E-state index contributed by atoms with van der Waals surface area (Å²) in [5.41, 5.74) is 0. The van der Waals surface area contributed by atoms with Crippen molar-refractivity contribution in [1.29, 1.82) is 0 Å². The summed E-state index contributed by atoms with van der Waals surface area (Å²) in [5, 5.41) is 12.6. The maximum absolute atomic E-state index is 9.24. The molecule has 2 atom stereocenters. The van der Waals surface area contributed by atoms with Crippen LogP contribution in [0, 0.1) is 5.92 Å². The Labute approximate surface area is 76.4 Å². The van der Waals surface area contributed by atoms with E-state index in [4.69, 9.17) is 0 Å². The second-order valence-electron chi connectivity index (χ2n) is 3.57. The molecule has 0 heterocycles. The lowest BCUT2D eigenvalue weighted by atomic mass is 10.1. The van der Waals surface area contributed by atoms with Crippen molar-refractivity contribution in [2.24, 2.45) is 5.92 Å². The van der Waals surface area contributed by atoms with E-state index in [1.165, 1.54) is 6.42 Å². The zero-order chi connectivity index (χ0) is 9.40. The average molecular weight is 173 g/mol. The molecule has 2 N–H and O–H groups in total. The van der Waals surface area contributed by atoms with Crippen molar-refractivity contribution < 1.29 is 5.11 Å². The molecule has 0 aromatic carbocycles. The second kappa shape index (κ2) is 7.56. The van der Waals surface area contributed by atoms with Gasteiger partial charge in [-0.15, -0.1) is 0 Å². The third kappa shape index (κ3) is 6.62. The molecule has 2 unspecified atom stereocenters. The van der Waals surface area contributed by atoms with Crippen LogP contribution in [-0.2, 0) is 0 Å². The van der Waals surface area contributed by atoms with Gasteiger partial charge in [0.1, 0.15) is 0 Å². The van der Waals surface area contributed by atoms with Crippen LogP contribution < -0.4 is 5.32 Å². The summed E-state index contributed by atoms with van der Waals surface area (Å²) in [6.07, 6.45) is 2.86. The highest BCUT2D eigenvalue weighted by molar-refractivity contribution is 4.58. The Morgan fingerprint density at radius 3 is 2.42 bits per heavy atom. The van der Waals surface area contributed by atoms with Crippen LogP contribution in [0.3, 0.4) is 0 Å². The van der Waals surface area contributed by atoms with Crippen molar-refractivity contribution in [2.45, 2.75) is 46.1 Å². The molecule has 0 bridgehead atoms. The quantitative estimate of drug-likeness (QED) is 0.575. The SMILES string of the molecule is CCC(C)CNCCC(O)CC. The Kier molecular flexibility index (Phi) is 7.51. The van der Waals surface area contributed by atoms with Crippen LogP contribution in [0.25, 0.3) is 0 Å². The van der Waals surface area contributed by atoms with E-state index in [1.54, 1.807) is 0 Å². The van der Waals surface area contributed by atoms with Gasteiger partial charge in [-0.2, -0.15) is 0 Å². The highest BCUT2D eigenvalue weighted by atomic mass is 16.3. The molecule has 0 aromatic rings. The summed E-state index contributed by atoms with van der Waals surface area (Å²) in [5.74, 6) is 0.753. The van der Waals surface area contributed by atoms with Crippen LogP contribution in [-0.4, -0.2) is 24.3 Å². The van der Waals surface area contributed by atoms with Gasteiger partial charge in [0.25, 0.3) is 0 Å².